The lowest BCUT2D eigenvalue weighted by molar-refractivity contribution is 0.0863. The normalized spacial score (nSPS) is 14.3. The molecule has 1 N–H and O–H groups in total. The fraction of sp³-hybridized carbons (Fsp3) is 0.280. The van der Waals surface area contributed by atoms with Crippen molar-refractivity contribution in [3.05, 3.63) is 72.1 Å². The largest absolute Gasteiger partial charge is 0.491 e. The van der Waals surface area contributed by atoms with E-state index in [1.165, 1.54) is 18.5 Å². The Hall–Kier alpha value is -3.65. The summed E-state index contributed by atoms with van der Waals surface area (Å²) in [6, 6.07) is 12.4. The summed E-state index contributed by atoms with van der Waals surface area (Å²) < 4.78 is 19.8. The number of aromatic nitrogens is 4. The predicted molar refractivity (Wildman–Crippen MR) is 126 cm³/mol. The predicted octanol–water partition coefficient (Wildman–Crippen LogP) is 4.09. The summed E-state index contributed by atoms with van der Waals surface area (Å²) in [5.74, 6) is 1.61. The monoisotopic (exact) mass is 444 g/mol. The van der Waals surface area contributed by atoms with Crippen LogP contribution in [0.1, 0.15) is 11.3 Å². The summed E-state index contributed by atoms with van der Waals surface area (Å²) >= 11 is 0. The molecule has 4 aromatic rings. The van der Waals surface area contributed by atoms with Gasteiger partial charge < -0.3 is 15.0 Å². The van der Waals surface area contributed by atoms with Crippen LogP contribution in [0.4, 0.5) is 10.2 Å². The van der Waals surface area contributed by atoms with Crippen molar-refractivity contribution in [1.82, 2.24) is 25.1 Å². The maximum Gasteiger partial charge on any atom is 0.146 e. The first-order valence-electron chi connectivity index (χ1n) is 10.9. The Morgan fingerprint density at radius 3 is 2.67 bits per heavy atom. The van der Waals surface area contributed by atoms with Crippen LogP contribution in [0.25, 0.3) is 22.0 Å². The molecule has 0 atom stereocenters. The minimum atomic E-state index is -0.268. The van der Waals surface area contributed by atoms with Crippen molar-refractivity contribution >= 4 is 16.7 Å². The molecular formula is C25H25FN6O. The number of anilines is 1. The second-order valence-corrected chi connectivity index (χ2v) is 8.58. The van der Waals surface area contributed by atoms with E-state index in [4.69, 9.17) is 4.74 Å². The number of hydrogen-bond donors (Lipinski definition) is 1. The Balaban J connectivity index is 1.51. The molecule has 2 aromatic heterocycles. The number of rotatable bonds is 7. The Morgan fingerprint density at radius 1 is 1.09 bits per heavy atom. The molecule has 0 amide bonds. The van der Waals surface area contributed by atoms with E-state index in [2.05, 4.69) is 37.4 Å². The Labute approximate surface area is 191 Å². The SMILES string of the molecule is Cc1cnnc(CNc2ncnc3c(OCC4CN(C)C4)cc(-c4ccc(F)cc4)cc23)c1. The quantitative estimate of drug-likeness (QED) is 0.460. The number of hydrogen-bond acceptors (Lipinski definition) is 7. The third-order valence-corrected chi connectivity index (χ3v) is 5.77. The highest BCUT2D eigenvalue weighted by atomic mass is 19.1. The molecule has 7 nitrogen and oxygen atoms in total. The third kappa shape index (κ3) is 4.75. The summed E-state index contributed by atoms with van der Waals surface area (Å²) in [7, 11) is 2.10. The molecule has 168 valence electrons. The fourth-order valence-corrected chi connectivity index (χ4v) is 4.12. The molecule has 0 aliphatic carbocycles. The Bertz CT molecular complexity index is 1270. The molecule has 5 rings (SSSR count). The molecule has 3 heterocycles. The first-order chi connectivity index (χ1) is 16.0. The van der Waals surface area contributed by atoms with Gasteiger partial charge in [-0.2, -0.15) is 10.2 Å². The van der Waals surface area contributed by atoms with Crippen molar-refractivity contribution in [2.24, 2.45) is 5.92 Å². The van der Waals surface area contributed by atoms with Crippen molar-refractivity contribution in [3.8, 4) is 16.9 Å². The molecule has 0 bridgehead atoms. The molecule has 0 saturated carbocycles. The van der Waals surface area contributed by atoms with E-state index >= 15 is 0 Å². The van der Waals surface area contributed by atoms with Crippen LogP contribution in [0.3, 0.4) is 0 Å². The highest BCUT2D eigenvalue weighted by Gasteiger charge is 2.24. The van der Waals surface area contributed by atoms with Gasteiger partial charge in [0, 0.05) is 24.4 Å². The van der Waals surface area contributed by atoms with E-state index in [1.807, 2.05) is 25.1 Å². The van der Waals surface area contributed by atoms with E-state index in [0.29, 0.717) is 30.6 Å². The topological polar surface area (TPSA) is 76.1 Å². The van der Waals surface area contributed by atoms with Gasteiger partial charge in [0.15, 0.2) is 0 Å². The Kier molecular flexibility index (Phi) is 5.83. The van der Waals surface area contributed by atoms with Crippen LogP contribution in [-0.2, 0) is 6.54 Å². The van der Waals surface area contributed by atoms with Gasteiger partial charge in [-0.1, -0.05) is 12.1 Å². The van der Waals surface area contributed by atoms with Crippen LogP contribution in [0.5, 0.6) is 5.75 Å². The van der Waals surface area contributed by atoms with E-state index in [1.54, 1.807) is 18.3 Å². The van der Waals surface area contributed by atoms with Gasteiger partial charge in [-0.25, -0.2) is 14.4 Å². The van der Waals surface area contributed by atoms with Gasteiger partial charge in [-0.3, -0.25) is 0 Å². The van der Waals surface area contributed by atoms with Crippen LogP contribution < -0.4 is 10.1 Å². The molecule has 0 radical (unpaired) electrons. The van der Waals surface area contributed by atoms with Gasteiger partial charge in [0.05, 0.1) is 25.0 Å². The van der Waals surface area contributed by atoms with Crippen LogP contribution in [0.2, 0.25) is 0 Å². The highest BCUT2D eigenvalue weighted by Crippen LogP contribution is 2.35. The average Bonchev–Trinajstić information content (AvgIpc) is 2.80. The summed E-state index contributed by atoms with van der Waals surface area (Å²) in [4.78, 5) is 11.3. The molecule has 1 aliphatic rings. The van der Waals surface area contributed by atoms with Crippen LogP contribution in [-0.4, -0.2) is 51.8 Å². The zero-order valence-corrected chi connectivity index (χ0v) is 18.6. The smallest absolute Gasteiger partial charge is 0.146 e. The van der Waals surface area contributed by atoms with Crippen molar-refractivity contribution in [2.45, 2.75) is 13.5 Å². The van der Waals surface area contributed by atoms with Crippen LogP contribution in [0.15, 0.2) is 55.0 Å². The highest BCUT2D eigenvalue weighted by molar-refractivity contribution is 5.96. The lowest BCUT2D eigenvalue weighted by atomic mass is 10.0. The van der Waals surface area contributed by atoms with Crippen molar-refractivity contribution in [1.29, 1.82) is 0 Å². The van der Waals surface area contributed by atoms with Gasteiger partial charge in [-0.05, 0) is 61.0 Å². The molecule has 1 saturated heterocycles. The van der Waals surface area contributed by atoms with Crippen molar-refractivity contribution in [2.75, 3.05) is 32.1 Å². The maximum atomic E-state index is 13.5. The second-order valence-electron chi connectivity index (χ2n) is 8.58. The van der Waals surface area contributed by atoms with Crippen molar-refractivity contribution in [3.63, 3.8) is 0 Å². The second kappa shape index (κ2) is 9.07. The standard InChI is InChI=1S/C25H25FN6O/c1-16-7-21(31-30-10-16)11-27-25-22-8-19(18-3-5-20(26)6-4-18)9-23(24(22)28-15-29-25)33-14-17-12-32(2)13-17/h3-10,15,17H,11-14H2,1-2H3,(H,27,28,29). The minimum Gasteiger partial charge on any atom is -0.491 e. The third-order valence-electron chi connectivity index (χ3n) is 5.77. The molecule has 33 heavy (non-hydrogen) atoms. The van der Waals surface area contributed by atoms with E-state index in [-0.39, 0.29) is 5.82 Å². The number of halogens is 1. The van der Waals surface area contributed by atoms with Crippen molar-refractivity contribution < 1.29 is 9.13 Å². The number of benzene rings is 2. The average molecular weight is 445 g/mol. The first-order valence-corrected chi connectivity index (χ1v) is 10.9. The van der Waals surface area contributed by atoms with Gasteiger partial charge in [0.1, 0.15) is 29.2 Å². The number of ether oxygens (including phenoxy) is 1. The summed E-state index contributed by atoms with van der Waals surface area (Å²) in [5, 5.41) is 12.4. The lowest BCUT2D eigenvalue weighted by Gasteiger charge is -2.35. The zero-order chi connectivity index (χ0) is 22.8. The molecule has 0 unspecified atom stereocenters. The number of nitrogens with one attached hydrogen (secondary N) is 1. The van der Waals surface area contributed by atoms with Gasteiger partial charge in [0.2, 0.25) is 0 Å². The molecule has 2 aromatic carbocycles. The van der Waals surface area contributed by atoms with E-state index < -0.39 is 0 Å². The van der Waals surface area contributed by atoms with Gasteiger partial charge >= 0.3 is 0 Å². The molecule has 1 fully saturated rings. The fourth-order valence-electron chi connectivity index (χ4n) is 4.12. The van der Waals surface area contributed by atoms with Gasteiger partial charge in [0.25, 0.3) is 0 Å². The van der Waals surface area contributed by atoms with Gasteiger partial charge in [-0.15, -0.1) is 0 Å². The molecule has 0 spiro atoms. The molecule has 8 heteroatoms. The van der Waals surface area contributed by atoms with Crippen LogP contribution >= 0.6 is 0 Å². The number of nitrogens with zero attached hydrogens (tertiary/aromatic N) is 5. The molecule has 1 aliphatic heterocycles. The first kappa shape index (κ1) is 21.2. The number of likely N-dealkylation sites (tertiary alicyclic amines) is 1. The maximum absolute atomic E-state index is 13.5. The number of fused-ring (bicyclic) bond motifs is 1. The summed E-state index contributed by atoms with van der Waals surface area (Å²) in [6.45, 7) is 5.13. The minimum absolute atomic E-state index is 0.268. The lowest BCUT2D eigenvalue weighted by Crippen LogP contribution is -2.46. The number of aryl methyl sites for hydroxylation is 1. The van der Waals surface area contributed by atoms with E-state index in [9.17, 15) is 4.39 Å². The summed E-state index contributed by atoms with van der Waals surface area (Å²) in [5.41, 5.74) is 4.41. The summed E-state index contributed by atoms with van der Waals surface area (Å²) in [6.07, 6.45) is 3.26. The zero-order valence-electron chi connectivity index (χ0n) is 18.6. The van der Waals surface area contributed by atoms with Crippen LogP contribution in [0, 0.1) is 18.7 Å². The van der Waals surface area contributed by atoms with E-state index in [0.717, 1.165) is 46.4 Å². The molecular weight excluding hydrogens is 419 g/mol. The Morgan fingerprint density at radius 2 is 1.91 bits per heavy atom.